The summed E-state index contributed by atoms with van der Waals surface area (Å²) < 4.78 is 5.34. The van der Waals surface area contributed by atoms with Crippen molar-refractivity contribution in [1.29, 1.82) is 0 Å². The molecule has 2 aliphatic rings. The first-order chi connectivity index (χ1) is 10.7. The smallest absolute Gasteiger partial charge is 0.222 e. The number of hydrogen-bond acceptors (Lipinski definition) is 6. The Morgan fingerprint density at radius 3 is 3.00 bits per heavy atom. The second-order valence-corrected chi connectivity index (χ2v) is 6.22. The summed E-state index contributed by atoms with van der Waals surface area (Å²) >= 11 is 0. The Hall–Kier alpha value is -1.53. The van der Waals surface area contributed by atoms with E-state index in [1.807, 2.05) is 0 Å². The maximum Gasteiger partial charge on any atom is 0.222 e. The van der Waals surface area contributed by atoms with Gasteiger partial charge in [0.25, 0.3) is 0 Å². The number of ether oxygens (including phenoxy) is 1. The molecule has 0 radical (unpaired) electrons. The maximum atomic E-state index is 11.9. The molecule has 1 aromatic heterocycles. The van der Waals surface area contributed by atoms with E-state index >= 15 is 0 Å². The number of hydrogen-bond donors (Lipinski definition) is 1. The Morgan fingerprint density at radius 1 is 1.36 bits per heavy atom. The summed E-state index contributed by atoms with van der Waals surface area (Å²) in [6, 6.07) is 0. The minimum Gasteiger partial charge on any atom is -0.379 e. The van der Waals surface area contributed by atoms with E-state index in [9.17, 15) is 4.79 Å². The molecule has 6 nitrogen and oxygen atoms in total. The van der Waals surface area contributed by atoms with Crippen LogP contribution in [0.2, 0.25) is 0 Å². The minimum atomic E-state index is 0.174. The van der Waals surface area contributed by atoms with Crippen molar-refractivity contribution in [1.82, 2.24) is 14.9 Å². The molecule has 1 atom stereocenters. The van der Waals surface area contributed by atoms with Crippen molar-refractivity contribution in [2.75, 3.05) is 44.7 Å². The third-order valence-electron chi connectivity index (χ3n) is 4.28. The third-order valence-corrected chi connectivity index (χ3v) is 4.28. The van der Waals surface area contributed by atoms with E-state index < -0.39 is 0 Å². The SMILES string of the molecule is C[C@@H]1CC(=O)c2cnc(NCCCN3CCOCC3)nc2C1. The van der Waals surface area contributed by atoms with Gasteiger partial charge in [-0.3, -0.25) is 9.69 Å². The van der Waals surface area contributed by atoms with Crippen LogP contribution in [0.5, 0.6) is 0 Å². The first kappa shape index (κ1) is 15.4. The molecule has 0 aromatic carbocycles. The molecule has 1 fully saturated rings. The molecule has 1 aliphatic carbocycles. The van der Waals surface area contributed by atoms with Gasteiger partial charge in [-0.15, -0.1) is 0 Å². The number of nitrogens with one attached hydrogen (secondary N) is 1. The molecule has 120 valence electrons. The van der Waals surface area contributed by atoms with Crippen molar-refractivity contribution >= 4 is 11.7 Å². The average molecular weight is 304 g/mol. The largest absolute Gasteiger partial charge is 0.379 e. The van der Waals surface area contributed by atoms with Gasteiger partial charge < -0.3 is 10.1 Å². The molecule has 2 heterocycles. The van der Waals surface area contributed by atoms with E-state index in [1.54, 1.807) is 6.20 Å². The number of aromatic nitrogens is 2. The lowest BCUT2D eigenvalue weighted by Gasteiger charge is -2.26. The highest BCUT2D eigenvalue weighted by atomic mass is 16.5. The summed E-state index contributed by atoms with van der Waals surface area (Å²) in [6.07, 6.45) is 4.21. The zero-order valence-electron chi connectivity index (χ0n) is 13.2. The van der Waals surface area contributed by atoms with Crippen LogP contribution >= 0.6 is 0 Å². The molecular weight excluding hydrogens is 280 g/mol. The van der Waals surface area contributed by atoms with Gasteiger partial charge in [-0.25, -0.2) is 9.97 Å². The van der Waals surface area contributed by atoms with Crippen molar-refractivity contribution < 1.29 is 9.53 Å². The zero-order chi connectivity index (χ0) is 15.4. The topological polar surface area (TPSA) is 67.4 Å². The van der Waals surface area contributed by atoms with E-state index in [-0.39, 0.29) is 5.78 Å². The van der Waals surface area contributed by atoms with Crippen LogP contribution in [0.1, 0.15) is 35.8 Å². The van der Waals surface area contributed by atoms with Crippen LogP contribution in [0.25, 0.3) is 0 Å². The fraction of sp³-hybridized carbons (Fsp3) is 0.688. The molecule has 6 heteroatoms. The van der Waals surface area contributed by atoms with Crippen LogP contribution in [0.15, 0.2) is 6.20 Å². The summed E-state index contributed by atoms with van der Waals surface area (Å²) in [6.45, 7) is 7.74. The van der Waals surface area contributed by atoms with Crippen molar-refractivity contribution in [3.63, 3.8) is 0 Å². The summed E-state index contributed by atoms with van der Waals surface area (Å²) in [4.78, 5) is 23.1. The number of anilines is 1. The molecule has 0 bridgehead atoms. The zero-order valence-corrected chi connectivity index (χ0v) is 13.2. The van der Waals surface area contributed by atoms with Crippen LogP contribution in [-0.2, 0) is 11.2 Å². The lowest BCUT2D eigenvalue weighted by Crippen LogP contribution is -2.37. The average Bonchev–Trinajstić information content (AvgIpc) is 2.52. The monoisotopic (exact) mass is 304 g/mol. The Bertz CT molecular complexity index is 529. The van der Waals surface area contributed by atoms with Gasteiger partial charge in [0.05, 0.1) is 24.5 Å². The Balaban J connectivity index is 1.48. The number of Topliss-reactive ketones (excluding diaryl/α,β-unsaturated/α-hetero) is 1. The minimum absolute atomic E-state index is 0.174. The predicted octanol–water partition coefficient (Wildman–Crippen LogP) is 1.38. The van der Waals surface area contributed by atoms with Crippen LogP contribution in [0.3, 0.4) is 0 Å². The summed E-state index contributed by atoms with van der Waals surface area (Å²) in [7, 11) is 0. The first-order valence-corrected chi connectivity index (χ1v) is 8.15. The molecule has 1 aromatic rings. The molecule has 1 N–H and O–H groups in total. The van der Waals surface area contributed by atoms with Crippen LogP contribution < -0.4 is 5.32 Å². The first-order valence-electron chi connectivity index (χ1n) is 8.15. The molecule has 0 spiro atoms. The molecule has 0 saturated carbocycles. The second-order valence-electron chi connectivity index (χ2n) is 6.22. The van der Waals surface area contributed by atoms with Crippen LogP contribution in [0, 0.1) is 5.92 Å². The third kappa shape index (κ3) is 3.81. The van der Waals surface area contributed by atoms with Gasteiger partial charge in [0.2, 0.25) is 5.95 Å². The molecular formula is C16H24N4O2. The normalized spacial score (nSPS) is 22.4. The fourth-order valence-electron chi connectivity index (χ4n) is 3.05. The predicted molar refractivity (Wildman–Crippen MR) is 84.2 cm³/mol. The van der Waals surface area contributed by atoms with E-state index in [1.165, 1.54) is 0 Å². The van der Waals surface area contributed by atoms with Gasteiger partial charge in [-0.1, -0.05) is 6.92 Å². The molecule has 0 unspecified atom stereocenters. The number of fused-ring (bicyclic) bond motifs is 1. The van der Waals surface area contributed by atoms with Gasteiger partial charge in [-0.05, 0) is 25.3 Å². The van der Waals surface area contributed by atoms with E-state index in [2.05, 4.69) is 27.1 Å². The fourth-order valence-corrected chi connectivity index (χ4v) is 3.05. The summed E-state index contributed by atoms with van der Waals surface area (Å²) in [5.74, 6) is 1.19. The van der Waals surface area contributed by atoms with Crippen molar-refractivity contribution in [2.24, 2.45) is 5.92 Å². The highest BCUT2D eigenvalue weighted by Crippen LogP contribution is 2.23. The summed E-state index contributed by atoms with van der Waals surface area (Å²) in [5, 5.41) is 3.27. The number of nitrogens with zero attached hydrogens (tertiary/aromatic N) is 3. The lowest BCUT2D eigenvalue weighted by molar-refractivity contribution is 0.0378. The van der Waals surface area contributed by atoms with Crippen molar-refractivity contribution in [3.05, 3.63) is 17.5 Å². The number of carbonyl (C=O) groups excluding carboxylic acids is 1. The second kappa shape index (κ2) is 7.15. The van der Waals surface area contributed by atoms with Gasteiger partial charge in [0.1, 0.15) is 0 Å². The molecule has 0 amide bonds. The van der Waals surface area contributed by atoms with Crippen LogP contribution in [0.4, 0.5) is 5.95 Å². The van der Waals surface area contributed by atoms with E-state index in [0.717, 1.165) is 57.9 Å². The molecule has 1 aliphatic heterocycles. The van der Waals surface area contributed by atoms with E-state index in [4.69, 9.17) is 4.74 Å². The number of rotatable bonds is 5. The highest BCUT2D eigenvalue weighted by Gasteiger charge is 2.24. The molecule has 3 rings (SSSR count). The van der Waals surface area contributed by atoms with Crippen molar-refractivity contribution in [2.45, 2.75) is 26.2 Å². The van der Waals surface area contributed by atoms with Gasteiger partial charge in [0.15, 0.2) is 5.78 Å². The molecule has 22 heavy (non-hydrogen) atoms. The Labute approximate surface area is 131 Å². The maximum absolute atomic E-state index is 11.9. The Kier molecular flexibility index (Phi) is 5.00. The van der Waals surface area contributed by atoms with E-state index in [0.29, 0.717) is 23.9 Å². The van der Waals surface area contributed by atoms with Crippen molar-refractivity contribution in [3.8, 4) is 0 Å². The lowest BCUT2D eigenvalue weighted by atomic mass is 9.88. The number of ketones is 1. The quantitative estimate of drug-likeness (QED) is 0.829. The number of carbonyl (C=O) groups is 1. The van der Waals surface area contributed by atoms with Gasteiger partial charge in [-0.2, -0.15) is 0 Å². The Morgan fingerprint density at radius 2 is 2.18 bits per heavy atom. The summed E-state index contributed by atoms with van der Waals surface area (Å²) in [5.41, 5.74) is 1.60. The molecule has 1 saturated heterocycles. The number of morpholine rings is 1. The van der Waals surface area contributed by atoms with Crippen LogP contribution in [-0.4, -0.2) is 60.0 Å². The van der Waals surface area contributed by atoms with Gasteiger partial charge in [0, 0.05) is 32.3 Å². The van der Waals surface area contributed by atoms with Gasteiger partial charge >= 0.3 is 0 Å². The standard InChI is InChI=1S/C16H24N4O2/c1-12-9-14-13(15(21)10-12)11-18-16(19-14)17-3-2-4-20-5-7-22-8-6-20/h11-12H,2-10H2,1H3,(H,17,18,19)/t12-/m0/s1. The highest BCUT2D eigenvalue weighted by molar-refractivity contribution is 5.98.